The van der Waals surface area contributed by atoms with E-state index in [1.807, 2.05) is 13.1 Å². The molecule has 1 aromatic rings. The lowest BCUT2D eigenvalue weighted by molar-refractivity contribution is -0.184. The first-order valence-electron chi connectivity index (χ1n) is 16.3. The summed E-state index contributed by atoms with van der Waals surface area (Å²) in [6.45, 7) is 14.8. The SMILES string of the molecule is CNc1cc(N)ccc1CC1(C)C(O)CCC2(C)C3CCC4(C)C(C(C)CCC=C(C)C)CCC4C3CCC12. The maximum absolute atomic E-state index is 11.6. The van der Waals surface area contributed by atoms with Crippen molar-refractivity contribution in [3.8, 4) is 0 Å². The highest BCUT2D eigenvalue weighted by atomic mass is 16.3. The molecule has 0 radical (unpaired) electrons. The molecule has 5 rings (SSSR count). The molecular weight excluding hydrogens is 476 g/mol. The highest BCUT2D eigenvalue weighted by molar-refractivity contribution is 5.59. The van der Waals surface area contributed by atoms with Crippen LogP contribution in [0.5, 0.6) is 0 Å². The summed E-state index contributed by atoms with van der Waals surface area (Å²) in [5.41, 5.74) is 11.6. The van der Waals surface area contributed by atoms with Crippen molar-refractivity contribution >= 4 is 11.4 Å². The average Bonchev–Trinajstić information content (AvgIpc) is 3.25. The van der Waals surface area contributed by atoms with Gasteiger partial charge in [0.15, 0.2) is 0 Å². The molecule has 0 aliphatic heterocycles. The highest BCUT2D eigenvalue weighted by Gasteiger charge is 2.64. The Kier molecular flexibility index (Phi) is 7.99. The number of aliphatic hydroxyl groups is 1. The predicted octanol–water partition coefficient (Wildman–Crippen LogP) is 8.87. The van der Waals surface area contributed by atoms with Crippen molar-refractivity contribution in [2.75, 3.05) is 18.1 Å². The molecule has 0 saturated heterocycles. The lowest BCUT2D eigenvalue weighted by Gasteiger charge is -2.65. The van der Waals surface area contributed by atoms with E-state index in [4.69, 9.17) is 5.73 Å². The van der Waals surface area contributed by atoms with Gasteiger partial charge in [0.1, 0.15) is 0 Å². The van der Waals surface area contributed by atoms with Crippen molar-refractivity contribution in [2.45, 2.75) is 118 Å². The Bertz CT molecular complexity index is 1060. The minimum absolute atomic E-state index is 0.0991. The number of hydrogen-bond acceptors (Lipinski definition) is 3. The molecule has 0 heterocycles. The van der Waals surface area contributed by atoms with Gasteiger partial charge in [-0.25, -0.2) is 0 Å². The van der Waals surface area contributed by atoms with E-state index in [1.54, 1.807) is 0 Å². The molecule has 218 valence electrons. The summed E-state index contributed by atoms with van der Waals surface area (Å²) in [5, 5.41) is 15.0. The number of hydrogen-bond donors (Lipinski definition) is 3. The molecule has 10 atom stereocenters. The molecule has 1 aromatic carbocycles. The number of nitrogen functional groups attached to an aromatic ring is 1. The van der Waals surface area contributed by atoms with Gasteiger partial charge in [-0.1, -0.05) is 45.4 Å². The fraction of sp³-hybridized carbons (Fsp3) is 0.778. The number of nitrogens with one attached hydrogen (secondary N) is 1. The molecule has 39 heavy (non-hydrogen) atoms. The molecule has 4 aliphatic carbocycles. The number of anilines is 2. The van der Waals surface area contributed by atoms with E-state index in [2.05, 4.69) is 65.1 Å². The maximum Gasteiger partial charge on any atom is 0.0600 e. The minimum Gasteiger partial charge on any atom is -0.399 e. The van der Waals surface area contributed by atoms with Crippen LogP contribution >= 0.6 is 0 Å². The Morgan fingerprint density at radius 2 is 1.74 bits per heavy atom. The first-order valence-corrected chi connectivity index (χ1v) is 16.3. The van der Waals surface area contributed by atoms with E-state index in [0.29, 0.717) is 16.7 Å². The normalized spacial score (nSPS) is 42.2. The third kappa shape index (κ3) is 4.87. The van der Waals surface area contributed by atoms with Crippen LogP contribution in [0.3, 0.4) is 0 Å². The summed E-state index contributed by atoms with van der Waals surface area (Å²) >= 11 is 0. The van der Waals surface area contributed by atoms with Gasteiger partial charge >= 0.3 is 0 Å². The van der Waals surface area contributed by atoms with E-state index in [0.717, 1.165) is 53.8 Å². The molecule has 4 saturated carbocycles. The van der Waals surface area contributed by atoms with Crippen LogP contribution in [-0.4, -0.2) is 18.3 Å². The largest absolute Gasteiger partial charge is 0.399 e. The molecule has 10 unspecified atom stereocenters. The molecule has 0 aromatic heterocycles. The van der Waals surface area contributed by atoms with Crippen LogP contribution in [0, 0.1) is 51.8 Å². The van der Waals surface area contributed by atoms with E-state index in [-0.39, 0.29) is 11.5 Å². The summed E-state index contributed by atoms with van der Waals surface area (Å²) in [6, 6.07) is 6.29. The van der Waals surface area contributed by atoms with Crippen LogP contribution in [0.4, 0.5) is 11.4 Å². The predicted molar refractivity (Wildman–Crippen MR) is 167 cm³/mol. The van der Waals surface area contributed by atoms with Crippen LogP contribution in [0.1, 0.15) is 111 Å². The zero-order valence-corrected chi connectivity index (χ0v) is 26.2. The third-order valence-corrected chi connectivity index (χ3v) is 13.3. The lowest BCUT2D eigenvalue weighted by Crippen LogP contribution is -2.60. The van der Waals surface area contributed by atoms with Crippen molar-refractivity contribution in [1.29, 1.82) is 0 Å². The molecule has 0 amide bonds. The van der Waals surface area contributed by atoms with Crippen LogP contribution in [0.2, 0.25) is 0 Å². The Labute approximate surface area is 239 Å². The Balaban J connectivity index is 1.37. The number of rotatable bonds is 7. The van der Waals surface area contributed by atoms with Gasteiger partial charge < -0.3 is 16.2 Å². The second-order valence-electron chi connectivity index (χ2n) is 15.5. The maximum atomic E-state index is 11.6. The van der Waals surface area contributed by atoms with Gasteiger partial charge in [-0.15, -0.1) is 0 Å². The van der Waals surface area contributed by atoms with Gasteiger partial charge in [0.25, 0.3) is 0 Å². The summed E-state index contributed by atoms with van der Waals surface area (Å²) < 4.78 is 0. The molecule has 0 spiro atoms. The summed E-state index contributed by atoms with van der Waals surface area (Å²) in [6.07, 6.45) is 16.2. The molecular formula is C36H58N2O. The number of fused-ring (bicyclic) bond motifs is 5. The van der Waals surface area contributed by atoms with Crippen molar-refractivity contribution in [3.63, 3.8) is 0 Å². The zero-order valence-electron chi connectivity index (χ0n) is 26.2. The first-order chi connectivity index (χ1) is 18.4. The first kappa shape index (κ1) is 29.0. The second-order valence-corrected chi connectivity index (χ2v) is 15.5. The van der Waals surface area contributed by atoms with Gasteiger partial charge in [0.2, 0.25) is 0 Å². The quantitative estimate of drug-likeness (QED) is 0.242. The monoisotopic (exact) mass is 534 g/mol. The molecule has 4 aliphatic rings. The zero-order chi connectivity index (χ0) is 28.2. The smallest absolute Gasteiger partial charge is 0.0600 e. The number of nitrogens with two attached hydrogens (primary N) is 1. The van der Waals surface area contributed by atoms with Crippen LogP contribution in [0.15, 0.2) is 29.8 Å². The van der Waals surface area contributed by atoms with Crippen molar-refractivity contribution in [1.82, 2.24) is 0 Å². The van der Waals surface area contributed by atoms with Crippen LogP contribution in [-0.2, 0) is 6.42 Å². The average molecular weight is 535 g/mol. The number of allylic oxidation sites excluding steroid dienone is 2. The summed E-state index contributed by atoms with van der Waals surface area (Å²) in [4.78, 5) is 0. The van der Waals surface area contributed by atoms with Crippen LogP contribution < -0.4 is 11.1 Å². The van der Waals surface area contributed by atoms with Gasteiger partial charge in [0.05, 0.1) is 6.10 Å². The summed E-state index contributed by atoms with van der Waals surface area (Å²) in [7, 11) is 1.99. The van der Waals surface area contributed by atoms with E-state index in [1.165, 1.54) is 68.9 Å². The third-order valence-electron chi connectivity index (χ3n) is 13.3. The lowest BCUT2D eigenvalue weighted by atomic mass is 9.40. The fourth-order valence-electron chi connectivity index (χ4n) is 11.4. The topological polar surface area (TPSA) is 58.3 Å². The van der Waals surface area contributed by atoms with E-state index in [9.17, 15) is 5.11 Å². The van der Waals surface area contributed by atoms with E-state index < -0.39 is 0 Å². The van der Waals surface area contributed by atoms with Crippen LogP contribution in [0.25, 0.3) is 0 Å². The number of aliphatic hydroxyl groups excluding tert-OH is 1. The van der Waals surface area contributed by atoms with Crippen molar-refractivity contribution in [3.05, 3.63) is 35.4 Å². The molecule has 0 bridgehead atoms. The van der Waals surface area contributed by atoms with Gasteiger partial charge in [-0.2, -0.15) is 0 Å². The van der Waals surface area contributed by atoms with Gasteiger partial charge in [-0.3, -0.25) is 0 Å². The minimum atomic E-state index is -0.235. The fourth-order valence-corrected chi connectivity index (χ4v) is 11.4. The Hall–Kier alpha value is -1.48. The molecule has 4 fully saturated rings. The molecule has 4 N–H and O–H groups in total. The Morgan fingerprint density at radius 3 is 2.46 bits per heavy atom. The van der Waals surface area contributed by atoms with Crippen molar-refractivity contribution in [2.24, 2.45) is 51.8 Å². The van der Waals surface area contributed by atoms with Gasteiger partial charge in [0, 0.05) is 23.8 Å². The second kappa shape index (κ2) is 10.7. The Morgan fingerprint density at radius 1 is 1.03 bits per heavy atom. The standard InChI is InChI=1S/C36H58N2O/c1-23(2)9-8-10-24(3)28-14-15-29-27-13-16-32-35(5,30(27)17-19-34(28,29)4)20-18-33(39)36(32,6)22-25-11-12-26(37)21-31(25)38-7/h9,11-12,21,24,27-30,32-33,38-39H,8,10,13-20,22,37H2,1-7H3. The van der Waals surface area contributed by atoms with Crippen molar-refractivity contribution < 1.29 is 5.11 Å². The van der Waals surface area contributed by atoms with E-state index >= 15 is 0 Å². The molecule has 3 nitrogen and oxygen atoms in total. The summed E-state index contributed by atoms with van der Waals surface area (Å²) in [5.74, 6) is 4.88. The molecule has 3 heteroatoms. The highest BCUT2D eigenvalue weighted by Crippen LogP contribution is 2.70. The number of benzene rings is 1. The van der Waals surface area contributed by atoms with Gasteiger partial charge in [-0.05, 0) is 149 Å².